The first-order valence-corrected chi connectivity index (χ1v) is 5.52. The number of hydrogen-bond acceptors (Lipinski definition) is 3. The quantitative estimate of drug-likeness (QED) is 0.488. The van der Waals surface area contributed by atoms with Gasteiger partial charge in [-0.25, -0.2) is 0 Å². The monoisotopic (exact) mass is 200 g/mol. The van der Waals surface area contributed by atoms with Gasteiger partial charge in [0, 0.05) is 13.3 Å². The van der Waals surface area contributed by atoms with Crippen LogP contribution in [0.1, 0.15) is 52.4 Å². The SMILES string of the molecule is CCCCCCOC1(C)CCC(=O)O1. The molecule has 0 spiro atoms. The maximum absolute atomic E-state index is 10.9. The van der Waals surface area contributed by atoms with Gasteiger partial charge in [0.1, 0.15) is 0 Å². The first-order chi connectivity index (χ1) is 6.66. The first-order valence-electron chi connectivity index (χ1n) is 5.52. The van der Waals surface area contributed by atoms with Crippen LogP contribution in [-0.4, -0.2) is 18.4 Å². The molecule has 3 nitrogen and oxygen atoms in total. The molecule has 1 unspecified atom stereocenters. The number of cyclic esters (lactones) is 1. The highest BCUT2D eigenvalue weighted by atomic mass is 16.7. The Hall–Kier alpha value is -0.570. The van der Waals surface area contributed by atoms with E-state index in [-0.39, 0.29) is 5.97 Å². The van der Waals surface area contributed by atoms with E-state index in [1.807, 2.05) is 6.92 Å². The molecular weight excluding hydrogens is 180 g/mol. The maximum atomic E-state index is 10.9. The van der Waals surface area contributed by atoms with Crippen molar-refractivity contribution in [3.8, 4) is 0 Å². The highest BCUT2D eigenvalue weighted by Gasteiger charge is 2.36. The van der Waals surface area contributed by atoms with Crippen LogP contribution < -0.4 is 0 Å². The van der Waals surface area contributed by atoms with Gasteiger partial charge in [0.05, 0.1) is 13.0 Å². The Bertz CT molecular complexity index is 191. The van der Waals surface area contributed by atoms with E-state index in [2.05, 4.69) is 6.92 Å². The lowest BCUT2D eigenvalue weighted by atomic mass is 10.2. The van der Waals surface area contributed by atoms with Crippen LogP contribution in [0.15, 0.2) is 0 Å². The topological polar surface area (TPSA) is 35.5 Å². The second-order valence-corrected chi connectivity index (χ2v) is 4.02. The molecule has 1 fully saturated rings. The Morgan fingerprint density at radius 1 is 1.43 bits per heavy atom. The molecule has 0 radical (unpaired) electrons. The Morgan fingerprint density at radius 3 is 2.79 bits per heavy atom. The van der Waals surface area contributed by atoms with Gasteiger partial charge in [-0.2, -0.15) is 0 Å². The lowest BCUT2D eigenvalue weighted by Crippen LogP contribution is -2.28. The predicted octanol–water partition coefficient (Wildman–Crippen LogP) is 2.64. The van der Waals surface area contributed by atoms with E-state index in [1.165, 1.54) is 19.3 Å². The fraction of sp³-hybridized carbons (Fsp3) is 0.909. The molecule has 1 atom stereocenters. The van der Waals surface area contributed by atoms with E-state index >= 15 is 0 Å². The minimum Gasteiger partial charge on any atom is -0.433 e. The third-order valence-corrected chi connectivity index (χ3v) is 2.52. The summed E-state index contributed by atoms with van der Waals surface area (Å²) in [6.07, 6.45) is 5.92. The average Bonchev–Trinajstić information content (AvgIpc) is 2.47. The van der Waals surface area contributed by atoms with Crippen molar-refractivity contribution in [2.24, 2.45) is 0 Å². The fourth-order valence-electron chi connectivity index (χ4n) is 1.59. The van der Waals surface area contributed by atoms with E-state index in [9.17, 15) is 4.79 Å². The fourth-order valence-corrected chi connectivity index (χ4v) is 1.59. The third-order valence-electron chi connectivity index (χ3n) is 2.52. The van der Waals surface area contributed by atoms with Crippen molar-refractivity contribution < 1.29 is 14.3 Å². The highest BCUT2D eigenvalue weighted by Crippen LogP contribution is 2.27. The number of carbonyl (C=O) groups is 1. The molecule has 0 N–H and O–H groups in total. The zero-order valence-electron chi connectivity index (χ0n) is 9.17. The number of hydrogen-bond donors (Lipinski definition) is 0. The number of unbranched alkanes of at least 4 members (excludes halogenated alkanes) is 3. The second-order valence-electron chi connectivity index (χ2n) is 4.02. The van der Waals surface area contributed by atoms with Crippen LogP contribution in [0.3, 0.4) is 0 Å². The van der Waals surface area contributed by atoms with Gasteiger partial charge in [-0.3, -0.25) is 4.79 Å². The van der Waals surface area contributed by atoms with Gasteiger partial charge in [0.15, 0.2) is 0 Å². The average molecular weight is 200 g/mol. The van der Waals surface area contributed by atoms with Gasteiger partial charge >= 0.3 is 5.97 Å². The third kappa shape index (κ3) is 3.66. The van der Waals surface area contributed by atoms with Crippen LogP contribution in [0, 0.1) is 0 Å². The second kappa shape index (κ2) is 5.35. The van der Waals surface area contributed by atoms with Gasteiger partial charge in [-0.1, -0.05) is 26.2 Å². The van der Waals surface area contributed by atoms with E-state index in [0.29, 0.717) is 19.4 Å². The van der Waals surface area contributed by atoms with Crippen molar-refractivity contribution in [2.75, 3.05) is 6.61 Å². The molecule has 0 bridgehead atoms. The summed E-state index contributed by atoms with van der Waals surface area (Å²) in [5.74, 6) is -0.774. The van der Waals surface area contributed by atoms with Crippen molar-refractivity contribution in [3.05, 3.63) is 0 Å². The summed E-state index contributed by atoms with van der Waals surface area (Å²) in [5.41, 5.74) is 0. The summed E-state index contributed by atoms with van der Waals surface area (Å²) < 4.78 is 10.7. The molecule has 0 aromatic rings. The number of esters is 1. The summed E-state index contributed by atoms with van der Waals surface area (Å²) >= 11 is 0. The van der Waals surface area contributed by atoms with E-state index in [0.717, 1.165) is 6.42 Å². The summed E-state index contributed by atoms with van der Waals surface area (Å²) in [6.45, 7) is 4.72. The molecule has 0 amide bonds. The molecule has 1 rings (SSSR count). The summed E-state index contributed by atoms with van der Waals surface area (Å²) in [7, 11) is 0. The Kier molecular flexibility index (Phi) is 4.39. The molecule has 0 aliphatic carbocycles. The Labute approximate surface area is 85.8 Å². The van der Waals surface area contributed by atoms with Crippen molar-refractivity contribution in [3.63, 3.8) is 0 Å². The van der Waals surface area contributed by atoms with E-state index in [1.54, 1.807) is 0 Å². The van der Waals surface area contributed by atoms with Gasteiger partial charge in [0.25, 0.3) is 0 Å². The predicted molar refractivity (Wildman–Crippen MR) is 53.8 cm³/mol. The summed E-state index contributed by atoms with van der Waals surface area (Å²) in [6, 6.07) is 0. The van der Waals surface area contributed by atoms with Crippen molar-refractivity contribution in [1.82, 2.24) is 0 Å². The van der Waals surface area contributed by atoms with Crippen molar-refractivity contribution in [1.29, 1.82) is 0 Å². The lowest BCUT2D eigenvalue weighted by molar-refractivity contribution is -0.203. The molecule has 1 aliphatic heterocycles. The molecule has 1 saturated heterocycles. The Morgan fingerprint density at radius 2 is 2.21 bits per heavy atom. The standard InChI is InChI=1S/C11H20O3/c1-3-4-5-6-9-13-11(2)8-7-10(12)14-11/h3-9H2,1-2H3. The smallest absolute Gasteiger partial charge is 0.308 e. The minimum atomic E-state index is -0.636. The molecular formula is C11H20O3. The van der Waals surface area contributed by atoms with Gasteiger partial charge in [0.2, 0.25) is 5.79 Å². The molecule has 82 valence electrons. The zero-order valence-corrected chi connectivity index (χ0v) is 9.17. The Balaban J connectivity index is 2.08. The lowest BCUT2D eigenvalue weighted by Gasteiger charge is -2.22. The largest absolute Gasteiger partial charge is 0.433 e. The molecule has 0 aromatic heterocycles. The highest BCUT2D eigenvalue weighted by molar-refractivity contribution is 5.71. The molecule has 1 aliphatic rings. The number of rotatable bonds is 6. The number of ether oxygens (including phenoxy) is 2. The van der Waals surface area contributed by atoms with Crippen LogP contribution in [-0.2, 0) is 14.3 Å². The van der Waals surface area contributed by atoms with Crippen LogP contribution >= 0.6 is 0 Å². The number of carbonyl (C=O) groups excluding carboxylic acids is 1. The molecule has 0 aromatic carbocycles. The van der Waals surface area contributed by atoms with Gasteiger partial charge < -0.3 is 9.47 Å². The van der Waals surface area contributed by atoms with Gasteiger partial charge in [-0.05, 0) is 6.42 Å². The maximum Gasteiger partial charge on any atom is 0.308 e. The molecule has 1 heterocycles. The first kappa shape index (κ1) is 11.5. The molecule has 0 saturated carbocycles. The summed E-state index contributed by atoms with van der Waals surface area (Å²) in [5, 5.41) is 0. The normalized spacial score (nSPS) is 26.6. The van der Waals surface area contributed by atoms with Crippen LogP contribution in [0.4, 0.5) is 0 Å². The van der Waals surface area contributed by atoms with Gasteiger partial charge in [-0.15, -0.1) is 0 Å². The van der Waals surface area contributed by atoms with E-state index in [4.69, 9.17) is 9.47 Å². The van der Waals surface area contributed by atoms with Crippen LogP contribution in [0.5, 0.6) is 0 Å². The van der Waals surface area contributed by atoms with Crippen LogP contribution in [0.2, 0.25) is 0 Å². The minimum absolute atomic E-state index is 0.138. The van der Waals surface area contributed by atoms with Crippen molar-refractivity contribution in [2.45, 2.75) is 58.2 Å². The molecule has 14 heavy (non-hydrogen) atoms. The van der Waals surface area contributed by atoms with E-state index < -0.39 is 5.79 Å². The zero-order chi connectivity index (χ0) is 10.4. The molecule has 3 heteroatoms. The van der Waals surface area contributed by atoms with Crippen LogP contribution in [0.25, 0.3) is 0 Å². The summed E-state index contributed by atoms with van der Waals surface area (Å²) in [4.78, 5) is 10.9. The van der Waals surface area contributed by atoms with Crippen molar-refractivity contribution >= 4 is 5.97 Å².